The average molecular weight is 188 g/mol. The molecule has 0 bridgehead atoms. The fraction of sp³-hybridized carbons (Fsp3) is 0.333. The number of nitrogens with one attached hydrogen (secondary N) is 1. The molecule has 2 nitrogen and oxygen atoms in total. The second kappa shape index (κ2) is 5.31. The first-order chi connectivity index (χ1) is 6.74. The molecule has 0 spiro atoms. The van der Waals surface area contributed by atoms with Gasteiger partial charge < -0.3 is 10.2 Å². The van der Waals surface area contributed by atoms with E-state index < -0.39 is 0 Å². The molecule has 0 atom stereocenters. The van der Waals surface area contributed by atoms with E-state index in [2.05, 4.69) is 40.4 Å². The highest BCUT2D eigenvalue weighted by Gasteiger charge is 1.95. The molecular weight excluding hydrogens is 172 g/mol. The maximum Gasteiger partial charge on any atom is 0.0576 e. The van der Waals surface area contributed by atoms with Crippen molar-refractivity contribution in [1.82, 2.24) is 5.32 Å². The molecule has 0 aliphatic heterocycles. The largest absolute Gasteiger partial charge is 0.378 e. The van der Waals surface area contributed by atoms with Gasteiger partial charge in [-0.3, -0.25) is 0 Å². The highest BCUT2D eigenvalue weighted by Crippen LogP contribution is 2.11. The Kier molecular flexibility index (Phi) is 4.03. The van der Waals surface area contributed by atoms with Crippen LogP contribution in [-0.2, 0) is 6.54 Å². The second-order valence-corrected chi connectivity index (χ2v) is 3.37. The zero-order valence-electron chi connectivity index (χ0n) is 8.75. The monoisotopic (exact) mass is 188 g/mol. The van der Waals surface area contributed by atoms with Crippen LogP contribution in [0.4, 0.5) is 5.69 Å². The van der Waals surface area contributed by atoms with Crippen molar-refractivity contribution >= 4 is 5.69 Å². The normalized spacial score (nSPS) is 9.50. The third kappa shape index (κ3) is 3.12. The van der Waals surface area contributed by atoms with Gasteiger partial charge in [0.25, 0.3) is 0 Å². The number of nitrogens with zero attached hydrogens (tertiary/aromatic N) is 1. The van der Waals surface area contributed by atoms with Gasteiger partial charge >= 0.3 is 0 Å². The molecule has 0 radical (unpaired) electrons. The fourth-order valence-electron chi connectivity index (χ4n) is 1.19. The Balaban J connectivity index is 2.52. The van der Waals surface area contributed by atoms with Crippen LogP contribution < -0.4 is 10.2 Å². The van der Waals surface area contributed by atoms with Crippen molar-refractivity contribution in [2.45, 2.75) is 6.54 Å². The summed E-state index contributed by atoms with van der Waals surface area (Å²) in [6, 6.07) is 8.43. The molecular formula is C12H16N2. The Labute approximate surface area is 85.9 Å². The lowest BCUT2D eigenvalue weighted by molar-refractivity contribution is 0.770. The molecule has 1 aromatic carbocycles. The topological polar surface area (TPSA) is 15.3 Å². The summed E-state index contributed by atoms with van der Waals surface area (Å²) in [6.45, 7) is 1.45. The summed E-state index contributed by atoms with van der Waals surface area (Å²) in [4.78, 5) is 2.08. The van der Waals surface area contributed by atoms with E-state index >= 15 is 0 Å². The standard InChI is InChI=1S/C12H16N2/c1-4-9-13-10-11-5-7-12(8-6-11)14(2)3/h1,5-8,13H,9-10H2,2-3H3. The summed E-state index contributed by atoms with van der Waals surface area (Å²) >= 11 is 0. The second-order valence-electron chi connectivity index (χ2n) is 3.37. The van der Waals surface area contributed by atoms with Crippen LogP contribution in [0, 0.1) is 12.3 Å². The van der Waals surface area contributed by atoms with Crippen LogP contribution in [0.2, 0.25) is 0 Å². The van der Waals surface area contributed by atoms with E-state index in [0.29, 0.717) is 6.54 Å². The van der Waals surface area contributed by atoms with Gasteiger partial charge in [0, 0.05) is 26.3 Å². The Morgan fingerprint density at radius 3 is 2.43 bits per heavy atom. The van der Waals surface area contributed by atoms with Crippen molar-refractivity contribution in [1.29, 1.82) is 0 Å². The lowest BCUT2D eigenvalue weighted by atomic mass is 10.2. The summed E-state index contributed by atoms with van der Waals surface area (Å²) in [5, 5.41) is 3.15. The van der Waals surface area contributed by atoms with Crippen LogP contribution in [0.25, 0.3) is 0 Å². The van der Waals surface area contributed by atoms with Gasteiger partial charge in [-0.15, -0.1) is 6.42 Å². The molecule has 1 N–H and O–H groups in total. The molecule has 74 valence electrons. The number of hydrogen-bond donors (Lipinski definition) is 1. The van der Waals surface area contributed by atoms with Gasteiger partial charge in [0.15, 0.2) is 0 Å². The van der Waals surface area contributed by atoms with Crippen molar-refractivity contribution in [3.05, 3.63) is 29.8 Å². The average Bonchev–Trinajstić information content (AvgIpc) is 2.19. The van der Waals surface area contributed by atoms with Crippen LogP contribution in [0.5, 0.6) is 0 Å². The minimum atomic E-state index is 0.620. The number of benzene rings is 1. The summed E-state index contributed by atoms with van der Waals surface area (Å²) in [5.74, 6) is 2.55. The lowest BCUT2D eigenvalue weighted by Gasteiger charge is -2.12. The molecule has 2 heteroatoms. The summed E-state index contributed by atoms with van der Waals surface area (Å²) in [6.07, 6.45) is 5.14. The first-order valence-corrected chi connectivity index (χ1v) is 4.64. The molecule has 14 heavy (non-hydrogen) atoms. The predicted molar refractivity (Wildman–Crippen MR) is 61.3 cm³/mol. The molecule has 0 aromatic heterocycles. The summed E-state index contributed by atoms with van der Waals surface area (Å²) < 4.78 is 0. The van der Waals surface area contributed by atoms with E-state index in [1.165, 1.54) is 11.3 Å². The smallest absolute Gasteiger partial charge is 0.0576 e. The first-order valence-electron chi connectivity index (χ1n) is 4.64. The zero-order valence-corrected chi connectivity index (χ0v) is 8.75. The van der Waals surface area contributed by atoms with Gasteiger partial charge in [0.05, 0.1) is 6.54 Å². The van der Waals surface area contributed by atoms with E-state index in [0.717, 1.165) is 6.54 Å². The van der Waals surface area contributed by atoms with Gasteiger partial charge in [-0.1, -0.05) is 18.1 Å². The molecule has 1 rings (SSSR count). The predicted octanol–water partition coefficient (Wildman–Crippen LogP) is 1.48. The third-order valence-electron chi connectivity index (χ3n) is 2.01. The van der Waals surface area contributed by atoms with E-state index in [4.69, 9.17) is 6.42 Å². The molecule has 1 aromatic rings. The highest BCUT2D eigenvalue weighted by atomic mass is 15.1. The molecule has 0 saturated heterocycles. The van der Waals surface area contributed by atoms with Gasteiger partial charge in [-0.05, 0) is 17.7 Å². The van der Waals surface area contributed by atoms with Gasteiger partial charge in [0.2, 0.25) is 0 Å². The number of anilines is 1. The van der Waals surface area contributed by atoms with Crippen LogP contribution >= 0.6 is 0 Å². The molecule has 0 aliphatic carbocycles. The summed E-state index contributed by atoms with van der Waals surface area (Å²) in [5.41, 5.74) is 2.47. The first kappa shape index (κ1) is 10.6. The van der Waals surface area contributed by atoms with E-state index in [1.54, 1.807) is 0 Å². The molecule has 0 heterocycles. The molecule has 0 aliphatic rings. The SMILES string of the molecule is C#CCNCc1ccc(N(C)C)cc1. The van der Waals surface area contributed by atoms with Crippen molar-refractivity contribution in [2.24, 2.45) is 0 Å². The van der Waals surface area contributed by atoms with Crippen LogP contribution in [0.3, 0.4) is 0 Å². The quantitative estimate of drug-likeness (QED) is 0.568. The molecule has 0 unspecified atom stereocenters. The van der Waals surface area contributed by atoms with Crippen molar-refractivity contribution < 1.29 is 0 Å². The van der Waals surface area contributed by atoms with E-state index in [-0.39, 0.29) is 0 Å². The van der Waals surface area contributed by atoms with E-state index in [1.807, 2.05) is 14.1 Å². The molecule has 0 fully saturated rings. The molecule has 0 saturated carbocycles. The Bertz CT molecular complexity index is 306. The van der Waals surface area contributed by atoms with Crippen LogP contribution in [-0.4, -0.2) is 20.6 Å². The van der Waals surface area contributed by atoms with Gasteiger partial charge in [-0.2, -0.15) is 0 Å². The maximum atomic E-state index is 5.14. The number of hydrogen-bond acceptors (Lipinski definition) is 2. The zero-order chi connectivity index (χ0) is 10.4. The van der Waals surface area contributed by atoms with Crippen LogP contribution in [0.1, 0.15) is 5.56 Å². The van der Waals surface area contributed by atoms with Crippen molar-refractivity contribution in [3.63, 3.8) is 0 Å². The number of terminal acetylenes is 1. The van der Waals surface area contributed by atoms with Gasteiger partial charge in [-0.25, -0.2) is 0 Å². The number of rotatable bonds is 4. The lowest BCUT2D eigenvalue weighted by Crippen LogP contribution is -2.13. The Morgan fingerprint density at radius 2 is 1.93 bits per heavy atom. The van der Waals surface area contributed by atoms with Crippen molar-refractivity contribution in [2.75, 3.05) is 25.5 Å². The van der Waals surface area contributed by atoms with E-state index in [9.17, 15) is 0 Å². The minimum Gasteiger partial charge on any atom is -0.378 e. The highest BCUT2D eigenvalue weighted by molar-refractivity contribution is 5.45. The summed E-state index contributed by atoms with van der Waals surface area (Å²) in [7, 11) is 4.07. The third-order valence-corrected chi connectivity index (χ3v) is 2.01. The van der Waals surface area contributed by atoms with Crippen LogP contribution in [0.15, 0.2) is 24.3 Å². The van der Waals surface area contributed by atoms with Gasteiger partial charge in [0.1, 0.15) is 0 Å². The maximum absolute atomic E-state index is 5.14. The Hall–Kier alpha value is -1.46. The minimum absolute atomic E-state index is 0.620. The van der Waals surface area contributed by atoms with Crippen molar-refractivity contribution in [3.8, 4) is 12.3 Å². The Morgan fingerprint density at radius 1 is 1.29 bits per heavy atom. The molecule has 0 amide bonds. The fourth-order valence-corrected chi connectivity index (χ4v) is 1.19.